The largest absolute Gasteiger partial charge is 0.446 e. The van der Waals surface area contributed by atoms with Crippen molar-refractivity contribution in [2.45, 2.75) is 75.9 Å². The first kappa shape index (κ1) is 21.8. The summed E-state index contributed by atoms with van der Waals surface area (Å²) in [6.07, 6.45) is 4.61. The minimum absolute atomic E-state index is 0.148. The molecule has 168 valence electrons. The number of epoxide rings is 2. The van der Waals surface area contributed by atoms with Crippen LogP contribution in [0, 0.1) is 5.92 Å². The first-order valence-electron chi connectivity index (χ1n) is 11.0. The minimum atomic E-state index is -0.927. The number of rotatable bonds is 7. The van der Waals surface area contributed by atoms with Crippen molar-refractivity contribution in [3.05, 3.63) is 47.5 Å². The van der Waals surface area contributed by atoms with E-state index in [-0.39, 0.29) is 29.3 Å². The van der Waals surface area contributed by atoms with Gasteiger partial charge < -0.3 is 25.3 Å². The van der Waals surface area contributed by atoms with Crippen LogP contribution in [0.4, 0.5) is 4.79 Å². The molecule has 1 aromatic carbocycles. The van der Waals surface area contributed by atoms with Crippen molar-refractivity contribution in [2.75, 3.05) is 6.61 Å². The summed E-state index contributed by atoms with van der Waals surface area (Å²) >= 11 is 0. The van der Waals surface area contributed by atoms with Crippen LogP contribution in [0.15, 0.2) is 42.0 Å². The number of carbonyl (C=O) groups is 2. The monoisotopic (exact) mass is 428 g/mol. The van der Waals surface area contributed by atoms with Crippen molar-refractivity contribution < 1.29 is 23.8 Å². The molecule has 0 aromatic heterocycles. The zero-order valence-electron chi connectivity index (χ0n) is 18.4. The normalized spacial score (nSPS) is 34.5. The lowest BCUT2D eigenvalue weighted by Crippen LogP contribution is -2.46. The van der Waals surface area contributed by atoms with Crippen LogP contribution in [0.2, 0.25) is 0 Å². The molecule has 1 aromatic rings. The third-order valence-electron chi connectivity index (χ3n) is 6.90. The lowest BCUT2D eigenvalue weighted by Gasteiger charge is -2.36. The highest BCUT2D eigenvalue weighted by Gasteiger charge is 2.68. The summed E-state index contributed by atoms with van der Waals surface area (Å²) in [7, 11) is 0. The van der Waals surface area contributed by atoms with Gasteiger partial charge in [-0.3, -0.25) is 4.79 Å². The molecule has 7 nitrogen and oxygen atoms in total. The number of hydrogen-bond donors (Lipinski definition) is 2. The fourth-order valence-electron chi connectivity index (χ4n) is 4.95. The molecule has 1 aliphatic carbocycles. The second-order valence-electron chi connectivity index (χ2n) is 9.41. The van der Waals surface area contributed by atoms with Gasteiger partial charge in [0.25, 0.3) is 0 Å². The van der Waals surface area contributed by atoms with Crippen LogP contribution in [0.25, 0.3) is 0 Å². The van der Waals surface area contributed by atoms with E-state index in [2.05, 4.69) is 32.2 Å². The Labute approximate surface area is 183 Å². The Bertz CT molecular complexity index is 862. The third kappa shape index (κ3) is 4.62. The van der Waals surface area contributed by atoms with Crippen molar-refractivity contribution in [1.82, 2.24) is 5.32 Å². The molecule has 3 N–H and O–H groups in total. The fraction of sp³-hybridized carbons (Fsp3) is 0.583. The number of hydrogen-bond acceptors (Lipinski definition) is 5. The molecule has 0 bridgehead atoms. The molecule has 2 aliphatic heterocycles. The van der Waals surface area contributed by atoms with E-state index in [1.807, 2.05) is 6.07 Å². The highest BCUT2D eigenvalue weighted by atomic mass is 16.6. The molecular weight excluding hydrogens is 396 g/mol. The van der Waals surface area contributed by atoms with Gasteiger partial charge in [-0.05, 0) is 52.0 Å². The Morgan fingerprint density at radius 1 is 1.32 bits per heavy atom. The van der Waals surface area contributed by atoms with Gasteiger partial charge in [-0.25, -0.2) is 4.79 Å². The SMILES string of the molecule is CC(C)=CC[C@H]1O[C@]1(C)[C@H]1C[C@H](OC(=O)N[C@@H](C(N)=O)c2ccccc2)CC[C@]12CO2. The number of allylic oxidation sites excluding steroid dienone is 1. The summed E-state index contributed by atoms with van der Waals surface area (Å²) in [5.41, 5.74) is 6.99. The molecule has 1 spiro atoms. The smallest absolute Gasteiger partial charge is 0.408 e. The number of ether oxygens (including phenoxy) is 3. The highest BCUT2D eigenvalue weighted by Crippen LogP contribution is 2.59. The molecule has 2 amide bonds. The quantitative estimate of drug-likeness (QED) is 0.511. The van der Waals surface area contributed by atoms with E-state index in [1.165, 1.54) is 5.57 Å². The molecule has 7 heteroatoms. The van der Waals surface area contributed by atoms with Crippen LogP contribution in [0.5, 0.6) is 0 Å². The molecule has 2 saturated heterocycles. The average molecular weight is 429 g/mol. The number of benzene rings is 1. The van der Waals surface area contributed by atoms with E-state index in [9.17, 15) is 9.59 Å². The molecule has 6 atom stereocenters. The van der Waals surface area contributed by atoms with E-state index >= 15 is 0 Å². The zero-order chi connectivity index (χ0) is 22.2. The molecular formula is C24H32N2O5. The Morgan fingerprint density at radius 3 is 2.65 bits per heavy atom. The number of carbonyl (C=O) groups excluding carboxylic acids is 2. The zero-order valence-corrected chi connectivity index (χ0v) is 18.4. The Morgan fingerprint density at radius 2 is 2.03 bits per heavy atom. The third-order valence-corrected chi connectivity index (χ3v) is 6.90. The van der Waals surface area contributed by atoms with Gasteiger partial charge in [-0.15, -0.1) is 0 Å². The predicted molar refractivity (Wildman–Crippen MR) is 115 cm³/mol. The number of primary amides is 1. The van der Waals surface area contributed by atoms with E-state index in [0.29, 0.717) is 12.0 Å². The fourth-order valence-corrected chi connectivity index (χ4v) is 4.95. The Balaban J connectivity index is 1.38. The molecule has 31 heavy (non-hydrogen) atoms. The van der Waals surface area contributed by atoms with Gasteiger partial charge in [0.1, 0.15) is 12.1 Å². The van der Waals surface area contributed by atoms with Gasteiger partial charge in [-0.2, -0.15) is 0 Å². The summed E-state index contributed by atoms with van der Waals surface area (Å²) < 4.78 is 17.7. The minimum Gasteiger partial charge on any atom is -0.446 e. The summed E-state index contributed by atoms with van der Waals surface area (Å²) in [4.78, 5) is 24.5. The molecule has 2 heterocycles. The van der Waals surface area contributed by atoms with E-state index < -0.39 is 18.0 Å². The van der Waals surface area contributed by atoms with E-state index in [4.69, 9.17) is 19.9 Å². The van der Waals surface area contributed by atoms with Gasteiger partial charge in [-0.1, -0.05) is 42.0 Å². The second-order valence-corrected chi connectivity index (χ2v) is 9.41. The maximum atomic E-state index is 12.6. The predicted octanol–water partition coefficient (Wildman–Crippen LogP) is 3.39. The maximum Gasteiger partial charge on any atom is 0.408 e. The number of nitrogens with two attached hydrogens (primary N) is 1. The van der Waals surface area contributed by atoms with Crippen molar-refractivity contribution in [1.29, 1.82) is 0 Å². The Hall–Kier alpha value is -2.38. The van der Waals surface area contributed by atoms with Gasteiger partial charge in [0.2, 0.25) is 5.91 Å². The second kappa shape index (κ2) is 8.28. The van der Waals surface area contributed by atoms with Gasteiger partial charge in [0, 0.05) is 5.92 Å². The molecule has 1 saturated carbocycles. The van der Waals surface area contributed by atoms with Crippen LogP contribution in [-0.2, 0) is 19.0 Å². The van der Waals surface area contributed by atoms with Crippen molar-refractivity contribution in [3.63, 3.8) is 0 Å². The molecule has 3 fully saturated rings. The summed E-state index contributed by atoms with van der Waals surface area (Å²) in [5.74, 6) is -0.459. The lowest BCUT2D eigenvalue weighted by atomic mass is 9.70. The summed E-state index contributed by atoms with van der Waals surface area (Å²) in [6.45, 7) is 7.06. The molecule has 4 rings (SSSR count). The van der Waals surface area contributed by atoms with Gasteiger partial charge >= 0.3 is 6.09 Å². The van der Waals surface area contributed by atoms with Crippen LogP contribution in [0.3, 0.4) is 0 Å². The maximum absolute atomic E-state index is 12.6. The average Bonchev–Trinajstić information content (AvgIpc) is 3.64. The molecule has 3 aliphatic rings. The highest BCUT2D eigenvalue weighted by molar-refractivity contribution is 5.85. The van der Waals surface area contributed by atoms with Crippen LogP contribution >= 0.6 is 0 Å². The Kier molecular flexibility index (Phi) is 5.83. The first-order valence-corrected chi connectivity index (χ1v) is 11.0. The van der Waals surface area contributed by atoms with E-state index in [1.54, 1.807) is 24.3 Å². The van der Waals surface area contributed by atoms with Crippen molar-refractivity contribution in [2.24, 2.45) is 11.7 Å². The summed E-state index contributed by atoms with van der Waals surface area (Å²) in [5, 5.41) is 2.62. The van der Waals surface area contributed by atoms with Gasteiger partial charge in [0.15, 0.2) is 0 Å². The number of amides is 2. The lowest BCUT2D eigenvalue weighted by molar-refractivity contribution is -0.120. The van der Waals surface area contributed by atoms with Crippen LogP contribution in [-0.4, -0.2) is 42.0 Å². The van der Waals surface area contributed by atoms with E-state index in [0.717, 1.165) is 25.9 Å². The van der Waals surface area contributed by atoms with Crippen LogP contribution in [0.1, 0.15) is 58.1 Å². The van der Waals surface area contributed by atoms with Crippen LogP contribution < -0.4 is 11.1 Å². The number of nitrogens with one attached hydrogen (secondary N) is 1. The topological polar surface area (TPSA) is 106 Å². The standard InChI is InChI=1S/C24H32N2O5/c1-15(2)9-10-19-23(3,31-19)18-13-17(11-12-24(18)14-29-24)30-22(28)26-20(21(25)27)16-7-5-4-6-8-16/h4-9,17-20H,10-14H2,1-3H3,(H2,25,27)(H,26,28)/t17-,18-,19-,20-,23-,24+/m1/s1. The molecule has 0 unspecified atom stereocenters. The summed E-state index contributed by atoms with van der Waals surface area (Å²) in [6, 6.07) is 7.99. The van der Waals surface area contributed by atoms with Gasteiger partial charge in [0.05, 0.1) is 23.9 Å². The first-order chi connectivity index (χ1) is 14.7. The number of alkyl carbamates (subject to hydrolysis) is 1. The van der Waals surface area contributed by atoms with Crippen molar-refractivity contribution >= 4 is 12.0 Å². The molecule has 0 radical (unpaired) electrons. The van der Waals surface area contributed by atoms with Crippen molar-refractivity contribution in [3.8, 4) is 0 Å².